The predicted octanol–water partition coefficient (Wildman–Crippen LogP) is 2.54. The van der Waals surface area contributed by atoms with Gasteiger partial charge in [-0.2, -0.15) is 11.8 Å². The van der Waals surface area contributed by atoms with E-state index in [0.717, 1.165) is 5.92 Å². The third kappa shape index (κ3) is 4.20. The molecule has 1 rings (SSSR count). The quantitative estimate of drug-likeness (QED) is 0.421. The average molecular weight is 216 g/mol. The molecule has 0 aromatic heterocycles. The van der Waals surface area contributed by atoms with E-state index in [1.807, 2.05) is 11.8 Å². The Hall–Kier alpha value is 0.270. The van der Waals surface area contributed by atoms with Gasteiger partial charge >= 0.3 is 0 Å². The number of thioether (sulfide) groups is 1. The topological polar surface area (TPSA) is 38.0 Å². The molecule has 0 aromatic carbocycles. The highest BCUT2D eigenvalue weighted by Crippen LogP contribution is 2.26. The molecule has 1 fully saturated rings. The second kappa shape index (κ2) is 7.55. The van der Waals surface area contributed by atoms with Crippen LogP contribution in [0.15, 0.2) is 0 Å². The van der Waals surface area contributed by atoms with E-state index in [1.54, 1.807) is 0 Å². The van der Waals surface area contributed by atoms with Crippen molar-refractivity contribution >= 4 is 11.8 Å². The summed E-state index contributed by atoms with van der Waals surface area (Å²) in [5, 5.41) is 0. The molecule has 0 radical (unpaired) electrons. The zero-order valence-electron chi connectivity index (χ0n) is 9.30. The van der Waals surface area contributed by atoms with E-state index in [-0.39, 0.29) is 0 Å². The lowest BCUT2D eigenvalue weighted by molar-refractivity contribution is 0.316. The van der Waals surface area contributed by atoms with E-state index in [0.29, 0.717) is 6.04 Å². The molecule has 1 saturated carbocycles. The van der Waals surface area contributed by atoms with E-state index >= 15 is 0 Å². The standard InChI is InChI=1S/C11H24N2S/c1-14-9-8-11(13-12)10-6-4-2-3-5-7-10/h10-11,13H,2-9,12H2,1H3. The molecule has 0 amide bonds. The molecule has 0 heterocycles. The van der Waals surface area contributed by atoms with Gasteiger partial charge in [0.1, 0.15) is 0 Å². The highest BCUT2D eigenvalue weighted by atomic mass is 32.2. The van der Waals surface area contributed by atoms with Gasteiger partial charge in [-0.05, 0) is 37.2 Å². The smallest absolute Gasteiger partial charge is 0.0246 e. The SMILES string of the molecule is CSCCC(NN)C1CCCCCC1. The number of nitrogens with two attached hydrogens (primary N) is 1. The molecule has 84 valence electrons. The molecule has 3 N–H and O–H groups in total. The van der Waals surface area contributed by atoms with E-state index in [4.69, 9.17) is 5.84 Å². The minimum atomic E-state index is 0.556. The highest BCUT2D eigenvalue weighted by Gasteiger charge is 2.20. The summed E-state index contributed by atoms with van der Waals surface area (Å²) in [7, 11) is 0. The maximum absolute atomic E-state index is 5.64. The lowest BCUT2D eigenvalue weighted by Gasteiger charge is -2.25. The second-order valence-corrected chi connectivity index (χ2v) is 5.29. The van der Waals surface area contributed by atoms with Crippen LogP contribution < -0.4 is 11.3 Å². The van der Waals surface area contributed by atoms with Gasteiger partial charge in [0, 0.05) is 6.04 Å². The van der Waals surface area contributed by atoms with E-state index in [1.165, 1.54) is 50.7 Å². The van der Waals surface area contributed by atoms with E-state index < -0.39 is 0 Å². The summed E-state index contributed by atoms with van der Waals surface area (Å²) in [5.74, 6) is 7.69. The van der Waals surface area contributed by atoms with Gasteiger partial charge in [-0.3, -0.25) is 11.3 Å². The zero-order valence-corrected chi connectivity index (χ0v) is 10.1. The number of rotatable bonds is 5. The fourth-order valence-electron chi connectivity index (χ4n) is 2.41. The van der Waals surface area contributed by atoms with Crippen LogP contribution in [0.25, 0.3) is 0 Å². The Bertz CT molecular complexity index is 133. The Morgan fingerprint density at radius 1 is 1.29 bits per heavy atom. The molecule has 1 atom stereocenters. The monoisotopic (exact) mass is 216 g/mol. The molecule has 0 spiro atoms. The van der Waals surface area contributed by atoms with E-state index in [9.17, 15) is 0 Å². The molecule has 0 saturated heterocycles. The summed E-state index contributed by atoms with van der Waals surface area (Å²) >= 11 is 1.92. The van der Waals surface area contributed by atoms with Crippen molar-refractivity contribution in [3.8, 4) is 0 Å². The second-order valence-electron chi connectivity index (χ2n) is 4.31. The summed E-state index contributed by atoms with van der Waals surface area (Å²) in [6.07, 6.45) is 11.8. The van der Waals surface area contributed by atoms with Crippen molar-refractivity contribution in [1.82, 2.24) is 5.43 Å². The van der Waals surface area contributed by atoms with Crippen LogP contribution in [0.5, 0.6) is 0 Å². The molecule has 2 nitrogen and oxygen atoms in total. The molecular formula is C11H24N2S. The van der Waals surface area contributed by atoms with Crippen molar-refractivity contribution in [2.75, 3.05) is 12.0 Å². The first-order chi connectivity index (χ1) is 6.88. The lowest BCUT2D eigenvalue weighted by atomic mass is 9.91. The first-order valence-electron chi connectivity index (χ1n) is 5.83. The van der Waals surface area contributed by atoms with Crippen LogP contribution in [-0.2, 0) is 0 Å². The first kappa shape index (κ1) is 12.3. The third-order valence-corrected chi connectivity index (χ3v) is 3.96. The Morgan fingerprint density at radius 2 is 1.93 bits per heavy atom. The Balaban J connectivity index is 2.32. The van der Waals surface area contributed by atoms with Crippen LogP contribution in [0.3, 0.4) is 0 Å². The normalized spacial score (nSPS) is 21.9. The van der Waals surface area contributed by atoms with Crippen molar-refractivity contribution < 1.29 is 0 Å². The lowest BCUT2D eigenvalue weighted by Crippen LogP contribution is -2.41. The highest BCUT2D eigenvalue weighted by molar-refractivity contribution is 7.98. The fourth-order valence-corrected chi connectivity index (χ4v) is 2.90. The van der Waals surface area contributed by atoms with Gasteiger partial charge in [0.25, 0.3) is 0 Å². The number of hydrogen-bond donors (Lipinski definition) is 2. The molecule has 0 bridgehead atoms. The van der Waals surface area contributed by atoms with Gasteiger partial charge in [0.2, 0.25) is 0 Å². The fraction of sp³-hybridized carbons (Fsp3) is 1.00. The molecule has 1 aliphatic carbocycles. The zero-order chi connectivity index (χ0) is 10.2. The summed E-state index contributed by atoms with van der Waals surface area (Å²) < 4.78 is 0. The maximum atomic E-state index is 5.64. The van der Waals surface area contributed by atoms with E-state index in [2.05, 4.69) is 11.7 Å². The van der Waals surface area contributed by atoms with Crippen molar-refractivity contribution in [2.45, 2.75) is 51.0 Å². The Labute approximate surface area is 92.4 Å². The Morgan fingerprint density at radius 3 is 2.43 bits per heavy atom. The van der Waals surface area contributed by atoms with Gasteiger partial charge in [-0.25, -0.2) is 0 Å². The summed E-state index contributed by atoms with van der Waals surface area (Å²) in [5.41, 5.74) is 3.02. The molecule has 1 aliphatic rings. The third-order valence-electron chi connectivity index (χ3n) is 3.32. The van der Waals surface area contributed by atoms with Crippen LogP contribution in [0.2, 0.25) is 0 Å². The van der Waals surface area contributed by atoms with Gasteiger partial charge in [-0.1, -0.05) is 25.7 Å². The van der Waals surface area contributed by atoms with Crippen molar-refractivity contribution in [2.24, 2.45) is 11.8 Å². The Kier molecular flexibility index (Phi) is 6.65. The summed E-state index contributed by atoms with van der Waals surface area (Å²) in [6, 6.07) is 0.556. The molecule has 14 heavy (non-hydrogen) atoms. The molecular weight excluding hydrogens is 192 g/mol. The number of nitrogens with one attached hydrogen (secondary N) is 1. The molecule has 0 aromatic rings. The van der Waals surface area contributed by atoms with Crippen molar-refractivity contribution in [1.29, 1.82) is 0 Å². The predicted molar refractivity (Wildman–Crippen MR) is 65.3 cm³/mol. The summed E-state index contributed by atoms with van der Waals surface area (Å²) in [4.78, 5) is 0. The van der Waals surface area contributed by atoms with Crippen LogP contribution in [0.4, 0.5) is 0 Å². The van der Waals surface area contributed by atoms with Crippen molar-refractivity contribution in [3.63, 3.8) is 0 Å². The van der Waals surface area contributed by atoms with Crippen LogP contribution in [-0.4, -0.2) is 18.1 Å². The van der Waals surface area contributed by atoms with Gasteiger partial charge < -0.3 is 0 Å². The number of hydrazine groups is 1. The summed E-state index contributed by atoms with van der Waals surface area (Å²) in [6.45, 7) is 0. The van der Waals surface area contributed by atoms with Crippen LogP contribution in [0.1, 0.15) is 44.9 Å². The maximum Gasteiger partial charge on any atom is 0.0246 e. The minimum absolute atomic E-state index is 0.556. The first-order valence-corrected chi connectivity index (χ1v) is 7.23. The minimum Gasteiger partial charge on any atom is -0.271 e. The number of hydrogen-bond acceptors (Lipinski definition) is 3. The van der Waals surface area contributed by atoms with Gasteiger partial charge in [0.15, 0.2) is 0 Å². The molecule has 3 heteroatoms. The van der Waals surface area contributed by atoms with Crippen LogP contribution in [0, 0.1) is 5.92 Å². The molecule has 0 aliphatic heterocycles. The largest absolute Gasteiger partial charge is 0.271 e. The molecule has 1 unspecified atom stereocenters. The van der Waals surface area contributed by atoms with Crippen LogP contribution >= 0.6 is 11.8 Å². The average Bonchev–Trinajstić information content (AvgIpc) is 2.48. The van der Waals surface area contributed by atoms with Gasteiger partial charge in [0.05, 0.1) is 0 Å². The van der Waals surface area contributed by atoms with Gasteiger partial charge in [-0.15, -0.1) is 0 Å². The van der Waals surface area contributed by atoms with Crippen molar-refractivity contribution in [3.05, 3.63) is 0 Å².